The summed E-state index contributed by atoms with van der Waals surface area (Å²) in [6.45, 7) is 0.161. The molecular weight excluding hydrogens is 278 g/mol. The lowest BCUT2D eigenvalue weighted by Crippen LogP contribution is -2.20. The first-order valence-electron chi connectivity index (χ1n) is 5.98. The number of hydrogen-bond acceptors (Lipinski definition) is 6. The topological polar surface area (TPSA) is 101 Å². The van der Waals surface area contributed by atoms with Gasteiger partial charge in [-0.15, -0.1) is 0 Å². The minimum Gasteiger partial charge on any atom is -0.491 e. The van der Waals surface area contributed by atoms with E-state index in [0.717, 1.165) is 0 Å². The van der Waals surface area contributed by atoms with Crippen molar-refractivity contribution >= 4 is 17.4 Å². The van der Waals surface area contributed by atoms with Crippen LogP contribution in [0.15, 0.2) is 46.5 Å². The number of H-pyrrole nitrogens is 1. The van der Waals surface area contributed by atoms with Gasteiger partial charge in [0.15, 0.2) is 5.16 Å². The van der Waals surface area contributed by atoms with E-state index >= 15 is 0 Å². The third kappa shape index (κ3) is 4.60. The predicted molar refractivity (Wildman–Crippen MR) is 77.9 cm³/mol. The van der Waals surface area contributed by atoms with Gasteiger partial charge in [-0.2, -0.15) is 0 Å². The van der Waals surface area contributed by atoms with Crippen LogP contribution in [0.2, 0.25) is 0 Å². The second-order valence-electron chi connectivity index (χ2n) is 4.08. The van der Waals surface area contributed by atoms with Crippen molar-refractivity contribution in [3.63, 3.8) is 0 Å². The number of nitrogens with two attached hydrogens (primary N) is 1. The molecule has 7 heteroatoms. The van der Waals surface area contributed by atoms with Crippen LogP contribution in [-0.4, -0.2) is 33.5 Å². The minimum atomic E-state index is -0.664. The fraction of sp³-hybridized carbons (Fsp3) is 0.231. The normalized spacial score (nSPS) is 12.1. The van der Waals surface area contributed by atoms with E-state index < -0.39 is 6.10 Å². The van der Waals surface area contributed by atoms with E-state index in [1.807, 2.05) is 0 Å². The predicted octanol–water partition coefficient (Wildman–Crippen LogP) is 0.884. The molecule has 0 aliphatic rings. The van der Waals surface area contributed by atoms with Gasteiger partial charge in [0.05, 0.1) is 6.10 Å². The fourth-order valence-corrected chi connectivity index (χ4v) is 2.16. The SMILES string of the molecule is Nc1ccc(OCC(O)CSc2nccc(=O)[nH]2)cc1. The number of ether oxygens (including phenoxy) is 1. The Morgan fingerprint density at radius 2 is 2.10 bits per heavy atom. The Morgan fingerprint density at radius 3 is 2.80 bits per heavy atom. The quantitative estimate of drug-likeness (QED) is 0.415. The van der Waals surface area contributed by atoms with Crippen molar-refractivity contribution in [1.29, 1.82) is 0 Å². The van der Waals surface area contributed by atoms with Crippen LogP contribution in [0.4, 0.5) is 5.69 Å². The van der Waals surface area contributed by atoms with Crippen molar-refractivity contribution in [3.05, 3.63) is 46.9 Å². The molecule has 4 N–H and O–H groups in total. The van der Waals surface area contributed by atoms with Gasteiger partial charge in [0, 0.05) is 23.7 Å². The number of hydrogen-bond donors (Lipinski definition) is 3. The standard InChI is InChI=1S/C13H15N3O3S/c14-9-1-3-11(4-2-9)19-7-10(17)8-20-13-15-6-5-12(18)16-13/h1-6,10,17H,7-8,14H2,(H,15,16,18). The molecule has 0 saturated carbocycles. The maximum Gasteiger partial charge on any atom is 0.251 e. The zero-order chi connectivity index (χ0) is 14.4. The number of nitrogens with one attached hydrogen (secondary N) is 1. The molecule has 0 radical (unpaired) electrons. The molecule has 2 aromatic rings. The number of rotatable bonds is 6. The molecule has 0 aliphatic carbocycles. The molecule has 106 valence electrons. The summed E-state index contributed by atoms with van der Waals surface area (Å²) in [6, 6.07) is 8.28. The summed E-state index contributed by atoms with van der Waals surface area (Å²) >= 11 is 1.26. The van der Waals surface area contributed by atoms with E-state index in [0.29, 0.717) is 22.3 Å². The van der Waals surface area contributed by atoms with Crippen LogP contribution in [-0.2, 0) is 0 Å². The highest BCUT2D eigenvalue weighted by molar-refractivity contribution is 7.99. The summed E-state index contributed by atoms with van der Waals surface area (Å²) in [4.78, 5) is 17.6. The van der Waals surface area contributed by atoms with E-state index in [4.69, 9.17) is 10.5 Å². The summed E-state index contributed by atoms with van der Waals surface area (Å²) in [5.41, 5.74) is 6.01. The lowest BCUT2D eigenvalue weighted by molar-refractivity contribution is 0.126. The number of thioether (sulfide) groups is 1. The van der Waals surface area contributed by atoms with Gasteiger partial charge in [-0.25, -0.2) is 4.98 Å². The Labute approximate surface area is 120 Å². The smallest absolute Gasteiger partial charge is 0.251 e. The molecule has 0 aliphatic heterocycles. The van der Waals surface area contributed by atoms with Gasteiger partial charge >= 0.3 is 0 Å². The summed E-state index contributed by atoms with van der Waals surface area (Å²) in [6.07, 6.45) is 0.765. The average molecular weight is 293 g/mol. The molecule has 1 aromatic carbocycles. The molecule has 0 bridgehead atoms. The lowest BCUT2D eigenvalue weighted by Gasteiger charge is -2.11. The second-order valence-corrected chi connectivity index (χ2v) is 5.09. The molecule has 6 nitrogen and oxygen atoms in total. The van der Waals surface area contributed by atoms with Gasteiger partial charge in [-0.05, 0) is 24.3 Å². The molecule has 0 fully saturated rings. The average Bonchev–Trinajstić information content (AvgIpc) is 2.45. The highest BCUT2D eigenvalue weighted by Gasteiger charge is 2.07. The zero-order valence-corrected chi connectivity index (χ0v) is 11.5. The largest absolute Gasteiger partial charge is 0.491 e. The first-order valence-corrected chi connectivity index (χ1v) is 6.96. The van der Waals surface area contributed by atoms with Crippen LogP contribution < -0.4 is 16.0 Å². The van der Waals surface area contributed by atoms with Crippen molar-refractivity contribution in [2.75, 3.05) is 18.1 Å². The Hall–Kier alpha value is -1.99. The van der Waals surface area contributed by atoms with Crippen LogP contribution in [0.25, 0.3) is 0 Å². The Balaban J connectivity index is 1.76. The summed E-state index contributed by atoms with van der Waals surface area (Å²) in [5.74, 6) is 1.02. The van der Waals surface area contributed by atoms with Gasteiger partial charge in [0.25, 0.3) is 5.56 Å². The number of aromatic amines is 1. The number of aliphatic hydroxyl groups excluding tert-OH is 1. The van der Waals surface area contributed by atoms with Crippen molar-refractivity contribution in [3.8, 4) is 5.75 Å². The highest BCUT2D eigenvalue weighted by Crippen LogP contribution is 2.15. The third-order valence-electron chi connectivity index (χ3n) is 2.38. The third-order valence-corrected chi connectivity index (χ3v) is 3.42. The van der Waals surface area contributed by atoms with Gasteiger partial charge in [-0.3, -0.25) is 4.79 Å². The molecule has 1 unspecified atom stereocenters. The fourth-order valence-electron chi connectivity index (χ4n) is 1.41. The number of aromatic nitrogens is 2. The van der Waals surface area contributed by atoms with Gasteiger partial charge in [0.1, 0.15) is 12.4 Å². The molecule has 0 saturated heterocycles. The Kier molecular flexibility index (Phi) is 5.03. The van der Waals surface area contributed by atoms with Gasteiger partial charge in [0.2, 0.25) is 0 Å². The molecule has 0 amide bonds. The minimum absolute atomic E-state index is 0.161. The molecule has 1 heterocycles. The van der Waals surface area contributed by atoms with Crippen molar-refractivity contribution in [2.24, 2.45) is 0 Å². The number of aliphatic hydroxyl groups is 1. The molecule has 0 spiro atoms. The maximum atomic E-state index is 11.1. The first kappa shape index (κ1) is 14.4. The van der Waals surface area contributed by atoms with Crippen LogP contribution in [0, 0.1) is 0 Å². The molecule has 2 rings (SSSR count). The second kappa shape index (κ2) is 6.97. The Bertz CT molecular complexity index is 600. The van der Waals surface area contributed by atoms with Crippen molar-refractivity contribution in [2.45, 2.75) is 11.3 Å². The van der Waals surface area contributed by atoms with Crippen molar-refractivity contribution < 1.29 is 9.84 Å². The summed E-state index contributed by atoms with van der Waals surface area (Å²) < 4.78 is 5.42. The number of anilines is 1. The van der Waals surface area contributed by atoms with E-state index in [1.165, 1.54) is 24.0 Å². The number of nitrogens with zero attached hydrogens (tertiary/aromatic N) is 1. The molecule has 1 aromatic heterocycles. The molecule has 20 heavy (non-hydrogen) atoms. The van der Waals surface area contributed by atoms with E-state index in [1.54, 1.807) is 24.3 Å². The van der Waals surface area contributed by atoms with Gasteiger partial charge in [-0.1, -0.05) is 11.8 Å². The monoisotopic (exact) mass is 293 g/mol. The number of nitrogen functional groups attached to an aromatic ring is 1. The first-order chi connectivity index (χ1) is 9.63. The lowest BCUT2D eigenvalue weighted by atomic mass is 10.3. The van der Waals surface area contributed by atoms with E-state index in [2.05, 4.69) is 9.97 Å². The van der Waals surface area contributed by atoms with Crippen LogP contribution in [0.3, 0.4) is 0 Å². The van der Waals surface area contributed by atoms with Crippen LogP contribution >= 0.6 is 11.8 Å². The molecular formula is C13H15N3O3S. The van der Waals surface area contributed by atoms with Crippen LogP contribution in [0.5, 0.6) is 5.75 Å². The summed E-state index contributed by atoms with van der Waals surface area (Å²) in [5, 5.41) is 10.3. The van der Waals surface area contributed by atoms with Gasteiger partial charge < -0.3 is 20.6 Å². The maximum absolute atomic E-state index is 11.1. The van der Waals surface area contributed by atoms with Crippen LogP contribution in [0.1, 0.15) is 0 Å². The Morgan fingerprint density at radius 1 is 1.35 bits per heavy atom. The zero-order valence-electron chi connectivity index (χ0n) is 10.7. The molecule has 1 atom stereocenters. The van der Waals surface area contributed by atoms with E-state index in [-0.39, 0.29) is 12.2 Å². The van der Waals surface area contributed by atoms with Crippen molar-refractivity contribution in [1.82, 2.24) is 9.97 Å². The number of benzene rings is 1. The summed E-state index contributed by atoms with van der Waals surface area (Å²) in [7, 11) is 0. The van der Waals surface area contributed by atoms with E-state index in [9.17, 15) is 9.90 Å². The highest BCUT2D eigenvalue weighted by atomic mass is 32.2.